The highest BCUT2D eigenvalue weighted by Gasteiger charge is 2.27. The van der Waals surface area contributed by atoms with Crippen LogP contribution >= 0.6 is 11.3 Å². The number of tetrazole rings is 1. The molecule has 0 saturated carbocycles. The molecule has 5 rings (SSSR count). The number of hydrogen-bond donors (Lipinski definition) is 0. The van der Waals surface area contributed by atoms with Crippen molar-refractivity contribution in [3.8, 4) is 5.69 Å². The van der Waals surface area contributed by atoms with Gasteiger partial charge in [-0.05, 0) is 47.5 Å². The molecule has 26 heavy (non-hydrogen) atoms. The second-order valence-electron chi connectivity index (χ2n) is 6.53. The lowest BCUT2D eigenvalue weighted by molar-refractivity contribution is 0.499. The molecule has 1 unspecified atom stereocenters. The average molecular weight is 362 g/mol. The zero-order valence-corrected chi connectivity index (χ0v) is 15.0. The number of aromatic nitrogens is 5. The van der Waals surface area contributed by atoms with Crippen molar-refractivity contribution in [2.24, 2.45) is 0 Å². The van der Waals surface area contributed by atoms with Gasteiger partial charge in [0.15, 0.2) is 0 Å². The Morgan fingerprint density at radius 3 is 2.73 bits per heavy atom. The minimum atomic E-state index is 0.419. The summed E-state index contributed by atoms with van der Waals surface area (Å²) in [5.74, 6) is 1.23. The fourth-order valence-corrected chi connectivity index (χ4v) is 4.63. The topological polar surface area (TPSA) is 59.7 Å². The minimum absolute atomic E-state index is 0.419. The molecule has 2 aromatic carbocycles. The first-order chi connectivity index (χ1) is 12.9. The van der Waals surface area contributed by atoms with E-state index in [2.05, 4.69) is 38.6 Å². The smallest absolute Gasteiger partial charge is 0.250 e. The Bertz CT molecular complexity index is 992. The maximum Gasteiger partial charge on any atom is 0.250 e. The molecule has 0 N–H and O–H groups in total. The molecule has 1 atom stereocenters. The van der Waals surface area contributed by atoms with Gasteiger partial charge in [-0.3, -0.25) is 0 Å². The Morgan fingerprint density at radius 1 is 1.00 bits per heavy atom. The molecular weight excluding hydrogens is 344 g/mol. The molecule has 1 saturated heterocycles. The third-order valence-corrected chi connectivity index (χ3v) is 6.02. The summed E-state index contributed by atoms with van der Waals surface area (Å²) in [6, 6.07) is 18.4. The third-order valence-electron chi connectivity index (χ3n) is 4.82. The molecule has 0 bridgehead atoms. The van der Waals surface area contributed by atoms with E-state index in [-0.39, 0.29) is 0 Å². The third kappa shape index (κ3) is 2.74. The van der Waals surface area contributed by atoms with Crippen LogP contribution in [0.15, 0.2) is 54.6 Å². The van der Waals surface area contributed by atoms with Crippen LogP contribution in [0.5, 0.6) is 0 Å². The van der Waals surface area contributed by atoms with Crippen molar-refractivity contribution in [3.63, 3.8) is 0 Å². The van der Waals surface area contributed by atoms with Crippen LogP contribution in [0.2, 0.25) is 0 Å². The summed E-state index contributed by atoms with van der Waals surface area (Å²) < 4.78 is 3.08. The van der Waals surface area contributed by atoms with Crippen LogP contribution in [-0.2, 0) is 0 Å². The lowest BCUT2D eigenvalue weighted by atomic mass is 9.99. The van der Waals surface area contributed by atoms with Crippen molar-refractivity contribution in [3.05, 3.63) is 59.6 Å². The van der Waals surface area contributed by atoms with Gasteiger partial charge < -0.3 is 4.90 Å². The SMILES string of the molecule is c1ccc(-n2nnnc2N2CCCC(c3nc4ccccc4s3)C2)cc1. The normalized spacial score (nSPS) is 17.7. The summed E-state index contributed by atoms with van der Waals surface area (Å²) >= 11 is 1.81. The first-order valence-electron chi connectivity index (χ1n) is 8.83. The molecule has 4 aromatic rings. The first kappa shape index (κ1) is 15.5. The second-order valence-corrected chi connectivity index (χ2v) is 7.59. The van der Waals surface area contributed by atoms with E-state index in [0.29, 0.717) is 5.92 Å². The van der Waals surface area contributed by atoms with E-state index in [1.54, 1.807) is 0 Å². The molecule has 1 aliphatic heterocycles. The maximum absolute atomic E-state index is 4.87. The number of hydrogen-bond acceptors (Lipinski definition) is 6. The summed E-state index contributed by atoms with van der Waals surface area (Å²) in [5.41, 5.74) is 2.08. The summed E-state index contributed by atoms with van der Waals surface area (Å²) in [4.78, 5) is 7.15. The Labute approximate surface area is 155 Å². The van der Waals surface area contributed by atoms with E-state index in [1.807, 2.05) is 52.4 Å². The second kappa shape index (κ2) is 6.49. The Morgan fingerprint density at radius 2 is 1.85 bits per heavy atom. The van der Waals surface area contributed by atoms with Gasteiger partial charge in [-0.2, -0.15) is 4.68 Å². The molecule has 7 heteroatoms. The molecule has 0 aliphatic carbocycles. The molecule has 130 valence electrons. The minimum Gasteiger partial charge on any atom is -0.339 e. The number of anilines is 1. The number of nitrogens with zero attached hydrogens (tertiary/aromatic N) is 6. The predicted octanol–water partition coefficient (Wildman–Crippen LogP) is 3.66. The van der Waals surface area contributed by atoms with Crippen LogP contribution in [0.3, 0.4) is 0 Å². The van der Waals surface area contributed by atoms with E-state index in [1.165, 1.54) is 9.71 Å². The number of thiazole rings is 1. The van der Waals surface area contributed by atoms with Gasteiger partial charge in [0.2, 0.25) is 5.95 Å². The van der Waals surface area contributed by atoms with Crippen LogP contribution in [0.4, 0.5) is 5.95 Å². The van der Waals surface area contributed by atoms with Crippen molar-refractivity contribution in [1.29, 1.82) is 0 Å². The van der Waals surface area contributed by atoms with Gasteiger partial charge in [0, 0.05) is 19.0 Å². The number of benzene rings is 2. The van der Waals surface area contributed by atoms with E-state index in [4.69, 9.17) is 4.98 Å². The Hall–Kier alpha value is -2.80. The summed E-state index contributed by atoms with van der Waals surface area (Å²) in [6.45, 7) is 1.86. The van der Waals surface area contributed by atoms with Crippen LogP contribution < -0.4 is 4.90 Å². The van der Waals surface area contributed by atoms with E-state index in [0.717, 1.165) is 43.1 Å². The van der Waals surface area contributed by atoms with Gasteiger partial charge in [0.25, 0.3) is 0 Å². The Kier molecular flexibility index (Phi) is 3.86. The zero-order valence-electron chi connectivity index (χ0n) is 14.2. The monoisotopic (exact) mass is 362 g/mol. The highest BCUT2D eigenvalue weighted by Crippen LogP contribution is 2.34. The molecule has 3 heterocycles. The van der Waals surface area contributed by atoms with E-state index < -0.39 is 0 Å². The largest absolute Gasteiger partial charge is 0.339 e. The van der Waals surface area contributed by atoms with Crippen molar-refractivity contribution in [2.45, 2.75) is 18.8 Å². The average Bonchev–Trinajstić information content (AvgIpc) is 3.36. The highest BCUT2D eigenvalue weighted by atomic mass is 32.1. The van der Waals surface area contributed by atoms with Gasteiger partial charge in [0.05, 0.1) is 20.9 Å². The maximum atomic E-state index is 4.87. The van der Waals surface area contributed by atoms with E-state index in [9.17, 15) is 0 Å². The van der Waals surface area contributed by atoms with Crippen molar-refractivity contribution in [1.82, 2.24) is 25.2 Å². The highest BCUT2D eigenvalue weighted by molar-refractivity contribution is 7.18. The first-order valence-corrected chi connectivity index (χ1v) is 9.64. The number of para-hydroxylation sites is 2. The van der Waals surface area contributed by atoms with Crippen molar-refractivity contribution >= 4 is 27.5 Å². The molecule has 0 spiro atoms. The van der Waals surface area contributed by atoms with Crippen LogP contribution in [0.1, 0.15) is 23.8 Å². The molecule has 6 nitrogen and oxygen atoms in total. The van der Waals surface area contributed by atoms with Crippen LogP contribution in [0.25, 0.3) is 15.9 Å². The lowest BCUT2D eigenvalue weighted by Crippen LogP contribution is -2.36. The quantitative estimate of drug-likeness (QED) is 0.557. The zero-order chi connectivity index (χ0) is 17.3. The number of rotatable bonds is 3. The van der Waals surface area contributed by atoms with Crippen LogP contribution in [0, 0.1) is 0 Å². The Balaban J connectivity index is 1.44. The summed E-state index contributed by atoms with van der Waals surface area (Å²) in [5, 5.41) is 13.6. The number of piperidine rings is 1. The van der Waals surface area contributed by atoms with Crippen molar-refractivity contribution < 1.29 is 0 Å². The summed E-state index contributed by atoms with van der Waals surface area (Å²) in [7, 11) is 0. The molecule has 2 aromatic heterocycles. The van der Waals surface area contributed by atoms with Crippen molar-refractivity contribution in [2.75, 3.05) is 18.0 Å². The molecular formula is C19H18N6S. The summed E-state index contributed by atoms with van der Waals surface area (Å²) in [6.07, 6.45) is 2.27. The molecule has 0 radical (unpaired) electrons. The van der Waals surface area contributed by atoms with Gasteiger partial charge in [0.1, 0.15) is 0 Å². The van der Waals surface area contributed by atoms with E-state index >= 15 is 0 Å². The van der Waals surface area contributed by atoms with Gasteiger partial charge in [-0.15, -0.1) is 11.3 Å². The van der Waals surface area contributed by atoms with Gasteiger partial charge in [-0.1, -0.05) is 35.4 Å². The van der Waals surface area contributed by atoms with Crippen LogP contribution in [-0.4, -0.2) is 38.3 Å². The number of fused-ring (bicyclic) bond motifs is 1. The van der Waals surface area contributed by atoms with Gasteiger partial charge >= 0.3 is 0 Å². The molecule has 0 amide bonds. The molecule has 1 aliphatic rings. The fourth-order valence-electron chi connectivity index (χ4n) is 3.54. The molecule has 1 fully saturated rings. The fraction of sp³-hybridized carbons (Fsp3) is 0.263. The lowest BCUT2D eigenvalue weighted by Gasteiger charge is -2.31. The standard InChI is InChI=1S/C19H18N6S/c1-2-8-15(9-3-1)25-19(21-22-23-25)24-12-6-7-14(13-24)18-20-16-10-4-5-11-17(16)26-18/h1-5,8-11,14H,6-7,12-13H2. The van der Waals surface area contributed by atoms with Gasteiger partial charge in [-0.25, -0.2) is 4.98 Å². The predicted molar refractivity (Wildman–Crippen MR) is 103 cm³/mol.